The van der Waals surface area contributed by atoms with E-state index in [0.29, 0.717) is 0 Å². The zero-order chi connectivity index (χ0) is 7.40. The van der Waals surface area contributed by atoms with Crippen molar-refractivity contribution in [2.75, 3.05) is 7.11 Å². The Hall–Kier alpha value is 0.0200. The molecule has 0 saturated carbocycles. The van der Waals surface area contributed by atoms with Gasteiger partial charge in [0.1, 0.15) is 0 Å². The summed E-state index contributed by atoms with van der Waals surface area (Å²) < 4.78 is 6.25. The van der Waals surface area contributed by atoms with Crippen LogP contribution in [0, 0.1) is 0 Å². The van der Waals surface area contributed by atoms with E-state index in [1.54, 1.807) is 7.11 Å². The van der Waals surface area contributed by atoms with E-state index in [1.807, 2.05) is 12.1 Å². The van der Waals surface area contributed by atoms with Crippen molar-refractivity contribution in [2.45, 2.75) is 3.67 Å². The van der Waals surface area contributed by atoms with E-state index in [9.17, 15) is 0 Å². The Morgan fingerprint density at radius 2 is 1.90 bits per heavy atom. The van der Waals surface area contributed by atoms with Gasteiger partial charge >= 0.3 is 79.0 Å². The molecule has 48 valence electrons. The monoisotopic (exact) mass is 144 g/mol. The molecule has 0 aliphatic heterocycles. The Kier molecular flexibility index (Phi) is 3.26. The summed E-state index contributed by atoms with van der Waals surface area (Å²) in [6.45, 7) is 0. The standard InChI is InChI=1S/C8H9O.Na/c1-7-3-5-8(9-2)6-4-7;/h3-6H,1H2,2H3;. The summed E-state index contributed by atoms with van der Waals surface area (Å²) in [6.07, 6.45) is 0. The zero-order valence-electron chi connectivity index (χ0n) is 6.42. The van der Waals surface area contributed by atoms with Crippen LogP contribution in [-0.4, -0.2) is 35.0 Å². The quantitative estimate of drug-likeness (QED) is 0.569. The average Bonchev–Trinajstić information content (AvgIpc) is 2.05. The Balaban J connectivity index is 2.80. The van der Waals surface area contributed by atoms with E-state index in [0.717, 1.165) is 5.75 Å². The van der Waals surface area contributed by atoms with Crippen molar-refractivity contribution in [1.82, 2.24) is 0 Å². The first-order valence-corrected chi connectivity index (χ1v) is 4.91. The number of hydrogen-bond acceptors (Lipinski definition) is 1. The predicted molar refractivity (Wildman–Crippen MR) is 42.5 cm³/mol. The third-order valence-electron chi connectivity index (χ3n) is 1.57. The molecule has 0 atom stereocenters. The molecular weight excluding hydrogens is 135 g/mol. The SMILES string of the molecule is COc1ccc([CH2][Na])cc1. The van der Waals surface area contributed by atoms with Gasteiger partial charge in [0.05, 0.1) is 0 Å². The zero-order valence-corrected chi connectivity index (χ0v) is 8.42. The third kappa shape index (κ3) is 2.01. The molecule has 10 heavy (non-hydrogen) atoms. The predicted octanol–water partition coefficient (Wildman–Crippen LogP) is 1.36. The summed E-state index contributed by atoms with van der Waals surface area (Å²) in [7, 11) is 1.69. The first-order chi connectivity index (χ1) is 4.86. The van der Waals surface area contributed by atoms with Crippen LogP contribution in [0.1, 0.15) is 5.56 Å². The number of methoxy groups -OCH3 is 1. The van der Waals surface area contributed by atoms with Crippen LogP contribution in [0.4, 0.5) is 0 Å². The Morgan fingerprint density at radius 1 is 1.30 bits per heavy atom. The molecule has 0 aromatic heterocycles. The normalized spacial score (nSPS) is 9.50. The summed E-state index contributed by atoms with van der Waals surface area (Å²) in [6, 6.07) is 8.25. The molecule has 0 amide bonds. The van der Waals surface area contributed by atoms with Crippen molar-refractivity contribution >= 4 is 27.9 Å². The number of benzene rings is 1. The summed E-state index contributed by atoms with van der Waals surface area (Å²) in [5.74, 6) is 0.943. The van der Waals surface area contributed by atoms with Gasteiger partial charge < -0.3 is 0 Å². The van der Waals surface area contributed by atoms with Crippen LogP contribution in [0.15, 0.2) is 24.3 Å². The van der Waals surface area contributed by atoms with Crippen LogP contribution in [0.2, 0.25) is 0 Å². The van der Waals surface area contributed by atoms with Crippen molar-refractivity contribution in [2.24, 2.45) is 0 Å². The van der Waals surface area contributed by atoms with Crippen LogP contribution in [-0.2, 0) is 3.67 Å². The fraction of sp³-hybridized carbons (Fsp3) is 0.250. The summed E-state index contributed by atoms with van der Waals surface area (Å²) in [4.78, 5) is 0. The maximum absolute atomic E-state index is 5.03. The van der Waals surface area contributed by atoms with E-state index in [2.05, 4.69) is 12.1 Å². The Labute approximate surface area is 78.8 Å². The molecule has 1 aromatic rings. The minimum atomic E-state index is 0.943. The van der Waals surface area contributed by atoms with Gasteiger partial charge in [0.15, 0.2) is 0 Å². The molecule has 1 aromatic carbocycles. The Bertz CT molecular complexity index is 170. The maximum atomic E-state index is 5.03. The molecule has 0 aliphatic rings. The van der Waals surface area contributed by atoms with Gasteiger partial charge in [-0.1, -0.05) is 0 Å². The molecule has 2 heteroatoms. The molecule has 0 N–H and O–H groups in total. The number of rotatable bonds is 2. The van der Waals surface area contributed by atoms with Crippen LogP contribution in [0.25, 0.3) is 0 Å². The van der Waals surface area contributed by atoms with Crippen molar-refractivity contribution in [3.05, 3.63) is 29.8 Å². The van der Waals surface area contributed by atoms with Gasteiger partial charge in [-0.15, -0.1) is 0 Å². The van der Waals surface area contributed by atoms with E-state index < -0.39 is 0 Å². The van der Waals surface area contributed by atoms with Crippen LogP contribution >= 0.6 is 0 Å². The van der Waals surface area contributed by atoms with Gasteiger partial charge in [0.2, 0.25) is 0 Å². The summed E-state index contributed by atoms with van der Waals surface area (Å²) in [5, 5.41) is 0. The van der Waals surface area contributed by atoms with E-state index in [4.69, 9.17) is 4.74 Å². The molecule has 1 rings (SSSR count). The van der Waals surface area contributed by atoms with Gasteiger partial charge in [-0.2, -0.15) is 0 Å². The van der Waals surface area contributed by atoms with Crippen LogP contribution < -0.4 is 4.74 Å². The molecule has 1 nitrogen and oxygen atoms in total. The van der Waals surface area contributed by atoms with Gasteiger partial charge in [0, 0.05) is 0 Å². The molecule has 0 heterocycles. The molecule has 0 saturated heterocycles. The summed E-state index contributed by atoms with van der Waals surface area (Å²) >= 11 is 1.24. The minimum absolute atomic E-state index is 0.943. The second-order valence-electron chi connectivity index (χ2n) is 2.20. The molecular formula is C8H9NaO. The molecule has 0 fully saturated rings. The van der Waals surface area contributed by atoms with Crippen molar-refractivity contribution in [3.8, 4) is 5.75 Å². The van der Waals surface area contributed by atoms with Gasteiger partial charge in [0.25, 0.3) is 0 Å². The van der Waals surface area contributed by atoms with Crippen LogP contribution in [0.5, 0.6) is 5.75 Å². The van der Waals surface area contributed by atoms with E-state index >= 15 is 0 Å². The van der Waals surface area contributed by atoms with E-state index in [1.165, 1.54) is 37.2 Å². The third-order valence-corrected chi connectivity index (χ3v) is 2.38. The number of hydrogen-bond donors (Lipinski definition) is 0. The van der Waals surface area contributed by atoms with Crippen molar-refractivity contribution < 1.29 is 4.74 Å². The fourth-order valence-electron chi connectivity index (χ4n) is 0.861. The second-order valence-corrected chi connectivity index (χ2v) is 2.91. The average molecular weight is 144 g/mol. The summed E-state index contributed by atoms with van der Waals surface area (Å²) in [5.41, 5.74) is 1.41. The topological polar surface area (TPSA) is 9.23 Å². The first kappa shape index (κ1) is 8.12. The molecule has 0 spiro atoms. The Morgan fingerprint density at radius 3 is 2.30 bits per heavy atom. The molecule has 0 aliphatic carbocycles. The molecule has 0 radical (unpaired) electrons. The van der Waals surface area contributed by atoms with Gasteiger partial charge in [-0.25, -0.2) is 0 Å². The van der Waals surface area contributed by atoms with Crippen LogP contribution in [0.3, 0.4) is 0 Å². The second kappa shape index (κ2) is 4.02. The van der Waals surface area contributed by atoms with Gasteiger partial charge in [-0.05, 0) is 0 Å². The number of ether oxygens (including phenoxy) is 1. The van der Waals surface area contributed by atoms with E-state index in [-0.39, 0.29) is 0 Å². The van der Waals surface area contributed by atoms with Crippen molar-refractivity contribution in [1.29, 1.82) is 0 Å². The first-order valence-electron chi connectivity index (χ1n) is 3.49. The van der Waals surface area contributed by atoms with Gasteiger partial charge in [-0.3, -0.25) is 0 Å². The van der Waals surface area contributed by atoms with Crippen molar-refractivity contribution in [3.63, 3.8) is 0 Å². The fourth-order valence-corrected chi connectivity index (χ4v) is 1.33. The molecule has 0 bridgehead atoms. The molecule has 0 unspecified atom stereocenters.